The summed E-state index contributed by atoms with van der Waals surface area (Å²) in [6.07, 6.45) is 0. The van der Waals surface area contributed by atoms with Gasteiger partial charge in [-0.25, -0.2) is 9.97 Å². The molecule has 9 aromatic rings. The summed E-state index contributed by atoms with van der Waals surface area (Å²) in [4.78, 5) is 13.0. The Morgan fingerprint density at radius 2 is 0.960 bits per heavy atom. The van der Waals surface area contributed by atoms with E-state index in [1.54, 1.807) is 0 Å². The van der Waals surface area contributed by atoms with Gasteiger partial charge in [0, 0.05) is 38.7 Å². The first-order chi connectivity index (χ1) is 24.8. The summed E-state index contributed by atoms with van der Waals surface area (Å²) in [7, 11) is 0. The average molecular weight is 639 g/mol. The molecule has 0 N–H and O–H groups in total. The molecule has 0 fully saturated rings. The van der Waals surface area contributed by atoms with E-state index in [1.165, 1.54) is 27.6 Å². The molecule has 4 heteroatoms. The molecule has 0 saturated carbocycles. The van der Waals surface area contributed by atoms with E-state index in [2.05, 4.69) is 185 Å². The molecule has 0 spiro atoms. The molecule has 0 bridgehead atoms. The van der Waals surface area contributed by atoms with Crippen molar-refractivity contribution in [2.75, 3.05) is 4.90 Å². The van der Waals surface area contributed by atoms with Crippen molar-refractivity contribution in [3.63, 3.8) is 0 Å². The SMILES string of the molecule is c1ccc(-c2ccc(-c3nc(N4c5ccccc5-c5c(n(-c6ccccc6)c6ccccc56)-c5ccccc54)nc4ccccc34)cc2)cc1. The van der Waals surface area contributed by atoms with E-state index in [0.717, 1.165) is 56.0 Å². The minimum absolute atomic E-state index is 0.631. The molecule has 0 aliphatic carbocycles. The Morgan fingerprint density at radius 3 is 1.74 bits per heavy atom. The number of nitrogens with zero attached hydrogens (tertiary/aromatic N) is 4. The van der Waals surface area contributed by atoms with Gasteiger partial charge in [0.05, 0.1) is 33.8 Å². The highest BCUT2D eigenvalue weighted by Crippen LogP contribution is 2.54. The zero-order chi connectivity index (χ0) is 33.0. The van der Waals surface area contributed by atoms with E-state index in [4.69, 9.17) is 9.97 Å². The van der Waals surface area contributed by atoms with Gasteiger partial charge in [0.1, 0.15) is 0 Å². The Morgan fingerprint density at radius 1 is 0.400 bits per heavy atom. The van der Waals surface area contributed by atoms with Gasteiger partial charge in [0.25, 0.3) is 0 Å². The second-order valence-corrected chi connectivity index (χ2v) is 12.6. The summed E-state index contributed by atoms with van der Waals surface area (Å²) in [6, 6.07) is 64.3. The van der Waals surface area contributed by atoms with Gasteiger partial charge < -0.3 is 4.57 Å². The quantitative estimate of drug-likeness (QED) is 0.192. The minimum Gasteiger partial charge on any atom is -0.309 e. The number of aromatic nitrogens is 3. The largest absolute Gasteiger partial charge is 0.309 e. The lowest BCUT2D eigenvalue weighted by atomic mass is 9.98. The zero-order valence-electron chi connectivity index (χ0n) is 27.1. The molecule has 1 aliphatic rings. The first-order valence-electron chi connectivity index (χ1n) is 16.9. The summed E-state index contributed by atoms with van der Waals surface area (Å²) < 4.78 is 2.41. The van der Waals surface area contributed by atoms with Crippen LogP contribution in [-0.4, -0.2) is 14.5 Å². The molecule has 10 rings (SSSR count). The summed E-state index contributed by atoms with van der Waals surface area (Å²) in [5.74, 6) is 0.631. The lowest BCUT2D eigenvalue weighted by molar-refractivity contribution is 1.11. The van der Waals surface area contributed by atoms with Crippen LogP contribution in [0.15, 0.2) is 182 Å². The topological polar surface area (TPSA) is 34.0 Å². The molecule has 0 saturated heterocycles. The summed E-state index contributed by atoms with van der Waals surface area (Å²) >= 11 is 0. The molecule has 50 heavy (non-hydrogen) atoms. The smallest absolute Gasteiger partial charge is 0.235 e. The van der Waals surface area contributed by atoms with Crippen molar-refractivity contribution < 1.29 is 0 Å². The van der Waals surface area contributed by atoms with E-state index >= 15 is 0 Å². The molecule has 0 radical (unpaired) electrons. The van der Waals surface area contributed by atoms with Crippen molar-refractivity contribution in [3.8, 4) is 50.5 Å². The Bertz CT molecular complexity index is 2690. The average Bonchev–Trinajstić information content (AvgIpc) is 3.47. The predicted octanol–water partition coefficient (Wildman–Crippen LogP) is 12.0. The second-order valence-electron chi connectivity index (χ2n) is 12.6. The van der Waals surface area contributed by atoms with Crippen LogP contribution in [0.3, 0.4) is 0 Å². The molecule has 234 valence electrons. The van der Waals surface area contributed by atoms with Crippen molar-refractivity contribution in [3.05, 3.63) is 182 Å². The molecular weight excluding hydrogens is 609 g/mol. The Labute approximate surface area is 290 Å². The van der Waals surface area contributed by atoms with Crippen molar-refractivity contribution >= 4 is 39.1 Å². The maximum absolute atomic E-state index is 5.43. The molecule has 0 atom stereocenters. The monoisotopic (exact) mass is 638 g/mol. The van der Waals surface area contributed by atoms with Crippen molar-refractivity contribution in [1.29, 1.82) is 0 Å². The van der Waals surface area contributed by atoms with Gasteiger partial charge in [-0.3, -0.25) is 4.90 Å². The van der Waals surface area contributed by atoms with Crippen LogP contribution >= 0.6 is 0 Å². The molecule has 0 amide bonds. The minimum atomic E-state index is 0.631. The lowest BCUT2D eigenvalue weighted by Gasteiger charge is -2.26. The normalized spacial score (nSPS) is 12.0. The van der Waals surface area contributed by atoms with Crippen LogP contribution in [0.25, 0.3) is 72.3 Å². The summed E-state index contributed by atoms with van der Waals surface area (Å²) in [6.45, 7) is 0. The maximum Gasteiger partial charge on any atom is 0.235 e. The molecule has 4 nitrogen and oxygen atoms in total. The second kappa shape index (κ2) is 11.4. The van der Waals surface area contributed by atoms with E-state index < -0.39 is 0 Å². The van der Waals surface area contributed by atoms with E-state index in [9.17, 15) is 0 Å². The lowest BCUT2D eigenvalue weighted by Crippen LogP contribution is -2.15. The van der Waals surface area contributed by atoms with Gasteiger partial charge in [-0.05, 0) is 47.5 Å². The van der Waals surface area contributed by atoms with Crippen molar-refractivity contribution in [2.45, 2.75) is 0 Å². The molecular formula is C46H30N4. The molecule has 3 heterocycles. The number of hydrogen-bond acceptors (Lipinski definition) is 3. The van der Waals surface area contributed by atoms with Crippen LogP contribution < -0.4 is 4.90 Å². The predicted molar refractivity (Wildman–Crippen MR) is 206 cm³/mol. The third-order valence-electron chi connectivity index (χ3n) is 9.76. The standard InChI is InChI=1S/C46H30N4/c1-3-15-31(16-4-1)32-27-29-33(30-28-32)44-35-19-7-11-23-39(35)47-46(48-44)50-41-25-13-9-21-37(41)43-36-20-8-12-24-40(36)49(34-17-5-2-6-18-34)45(43)38-22-10-14-26-42(38)50/h1-30H. The first-order valence-corrected chi connectivity index (χ1v) is 16.9. The third-order valence-corrected chi connectivity index (χ3v) is 9.76. The zero-order valence-corrected chi connectivity index (χ0v) is 27.1. The summed E-state index contributed by atoms with van der Waals surface area (Å²) in [5, 5.41) is 2.22. The van der Waals surface area contributed by atoms with Gasteiger partial charge in [-0.1, -0.05) is 146 Å². The van der Waals surface area contributed by atoms with E-state index in [1.807, 2.05) is 6.07 Å². The highest BCUT2D eigenvalue weighted by molar-refractivity contribution is 6.13. The Kier molecular flexibility index (Phi) is 6.46. The van der Waals surface area contributed by atoms with Gasteiger partial charge in [-0.15, -0.1) is 0 Å². The maximum atomic E-state index is 5.43. The van der Waals surface area contributed by atoms with Crippen LogP contribution in [0.5, 0.6) is 0 Å². The number of benzene rings is 7. The third kappa shape index (κ3) is 4.39. The number of anilines is 3. The highest BCUT2D eigenvalue weighted by Gasteiger charge is 2.32. The van der Waals surface area contributed by atoms with Crippen molar-refractivity contribution in [2.24, 2.45) is 0 Å². The Balaban J connectivity index is 1.25. The van der Waals surface area contributed by atoms with Crippen LogP contribution in [-0.2, 0) is 0 Å². The fourth-order valence-electron chi connectivity index (χ4n) is 7.54. The molecule has 1 aliphatic heterocycles. The van der Waals surface area contributed by atoms with Gasteiger partial charge >= 0.3 is 0 Å². The molecule has 2 aromatic heterocycles. The van der Waals surface area contributed by atoms with Gasteiger partial charge in [0.2, 0.25) is 5.95 Å². The van der Waals surface area contributed by atoms with Crippen LogP contribution in [0.1, 0.15) is 0 Å². The number of fused-ring (bicyclic) bond motifs is 8. The highest BCUT2D eigenvalue weighted by atomic mass is 15.3. The van der Waals surface area contributed by atoms with E-state index in [0.29, 0.717) is 5.95 Å². The van der Waals surface area contributed by atoms with Crippen LogP contribution in [0.2, 0.25) is 0 Å². The van der Waals surface area contributed by atoms with Gasteiger partial charge in [0.15, 0.2) is 0 Å². The van der Waals surface area contributed by atoms with E-state index in [-0.39, 0.29) is 0 Å². The van der Waals surface area contributed by atoms with Crippen LogP contribution in [0.4, 0.5) is 17.3 Å². The van der Waals surface area contributed by atoms with Crippen molar-refractivity contribution in [1.82, 2.24) is 14.5 Å². The molecule has 7 aromatic carbocycles. The number of rotatable bonds is 4. The fourth-order valence-corrected chi connectivity index (χ4v) is 7.54. The summed E-state index contributed by atoms with van der Waals surface area (Å²) in [5.41, 5.74) is 14.2. The number of para-hydroxylation sites is 5. The Hall–Kier alpha value is -6.78. The fraction of sp³-hybridized carbons (Fsp3) is 0. The van der Waals surface area contributed by atoms with Crippen LogP contribution in [0, 0.1) is 0 Å². The first kappa shape index (κ1) is 28.3. The molecule has 0 unspecified atom stereocenters. The number of hydrogen-bond donors (Lipinski definition) is 0. The van der Waals surface area contributed by atoms with Gasteiger partial charge in [-0.2, -0.15) is 0 Å².